The van der Waals surface area contributed by atoms with Gasteiger partial charge in [-0.05, 0) is 29.7 Å². The molecule has 0 aliphatic rings. The maximum atomic E-state index is 12.4. The van der Waals surface area contributed by atoms with E-state index in [0.29, 0.717) is 5.65 Å². The molecule has 31 heavy (non-hydrogen) atoms. The lowest BCUT2D eigenvalue weighted by atomic mass is 10.1. The van der Waals surface area contributed by atoms with Crippen molar-refractivity contribution in [1.82, 2.24) is 15.0 Å². The minimum Gasteiger partial charge on any atom is -0.347 e. The molecule has 2 heterocycles. The molecule has 2 aromatic carbocycles. The molecular formula is C23H23N5OS2. The Labute approximate surface area is 189 Å². The van der Waals surface area contributed by atoms with Crippen molar-refractivity contribution in [3.05, 3.63) is 72.1 Å². The second-order valence-corrected chi connectivity index (χ2v) is 9.00. The van der Waals surface area contributed by atoms with Gasteiger partial charge in [0.2, 0.25) is 5.91 Å². The van der Waals surface area contributed by atoms with Crippen LogP contribution in [0.1, 0.15) is 18.1 Å². The molecular weight excluding hydrogens is 426 g/mol. The molecule has 0 aliphatic carbocycles. The summed E-state index contributed by atoms with van der Waals surface area (Å²) in [5.41, 5.74) is 3.89. The Morgan fingerprint density at radius 3 is 2.71 bits per heavy atom. The van der Waals surface area contributed by atoms with Gasteiger partial charge in [-0.2, -0.15) is 4.98 Å². The van der Waals surface area contributed by atoms with Gasteiger partial charge in [0.05, 0.1) is 5.75 Å². The standard InChI is InChI=1S/C23H23N5OS2/c1-3-16-10-7-11-18(12-16)26-19(29)14-30-22-20-21(24-15-25-22)27-23(31-20)28(2)13-17-8-5-4-6-9-17/h4-12,15H,3,13-14H2,1-2H3,(H,26,29). The molecule has 2 aromatic heterocycles. The van der Waals surface area contributed by atoms with E-state index in [9.17, 15) is 4.79 Å². The number of thioether (sulfide) groups is 1. The van der Waals surface area contributed by atoms with Gasteiger partial charge in [-0.1, -0.05) is 72.5 Å². The number of aryl methyl sites for hydroxylation is 1. The molecule has 0 saturated heterocycles. The van der Waals surface area contributed by atoms with Crippen LogP contribution in [0.3, 0.4) is 0 Å². The van der Waals surface area contributed by atoms with Gasteiger partial charge in [-0.25, -0.2) is 9.97 Å². The molecule has 0 saturated carbocycles. The number of nitrogens with zero attached hydrogens (tertiary/aromatic N) is 4. The number of anilines is 2. The van der Waals surface area contributed by atoms with Crippen LogP contribution in [-0.4, -0.2) is 33.7 Å². The average molecular weight is 450 g/mol. The molecule has 0 bridgehead atoms. The fourth-order valence-corrected chi connectivity index (χ4v) is 4.96. The molecule has 0 radical (unpaired) electrons. The van der Waals surface area contributed by atoms with Crippen LogP contribution in [0.5, 0.6) is 0 Å². The first-order chi connectivity index (χ1) is 15.1. The Balaban J connectivity index is 1.43. The Bertz CT molecular complexity index is 1180. The summed E-state index contributed by atoms with van der Waals surface area (Å²) in [6.45, 7) is 2.85. The maximum Gasteiger partial charge on any atom is 0.234 e. The fraction of sp³-hybridized carbons (Fsp3) is 0.217. The zero-order chi connectivity index (χ0) is 21.6. The quantitative estimate of drug-likeness (QED) is 0.301. The summed E-state index contributed by atoms with van der Waals surface area (Å²) in [7, 11) is 2.02. The first-order valence-corrected chi connectivity index (χ1v) is 11.8. The molecule has 1 N–H and O–H groups in total. The lowest BCUT2D eigenvalue weighted by Gasteiger charge is -2.15. The van der Waals surface area contributed by atoms with E-state index >= 15 is 0 Å². The molecule has 6 nitrogen and oxygen atoms in total. The Morgan fingerprint density at radius 2 is 1.90 bits per heavy atom. The second-order valence-electron chi connectivity index (χ2n) is 7.06. The lowest BCUT2D eigenvalue weighted by Crippen LogP contribution is -2.15. The molecule has 4 aromatic rings. The number of nitrogens with one attached hydrogen (secondary N) is 1. The highest BCUT2D eigenvalue weighted by Crippen LogP contribution is 2.33. The summed E-state index contributed by atoms with van der Waals surface area (Å²) in [4.78, 5) is 27.9. The Morgan fingerprint density at radius 1 is 1.10 bits per heavy atom. The van der Waals surface area contributed by atoms with Crippen LogP contribution in [0.25, 0.3) is 10.3 Å². The number of carbonyl (C=O) groups excluding carboxylic acids is 1. The number of hydrogen-bond acceptors (Lipinski definition) is 7. The van der Waals surface area contributed by atoms with Crippen molar-refractivity contribution in [3.8, 4) is 0 Å². The molecule has 0 unspecified atom stereocenters. The summed E-state index contributed by atoms with van der Waals surface area (Å²) >= 11 is 2.95. The summed E-state index contributed by atoms with van der Waals surface area (Å²) in [5.74, 6) is 0.214. The normalized spacial score (nSPS) is 10.9. The first-order valence-electron chi connectivity index (χ1n) is 10.0. The number of benzene rings is 2. The van der Waals surface area contributed by atoms with Crippen molar-refractivity contribution >= 4 is 50.2 Å². The number of hydrogen-bond donors (Lipinski definition) is 1. The van der Waals surface area contributed by atoms with Gasteiger partial charge in [0.25, 0.3) is 0 Å². The van der Waals surface area contributed by atoms with Crippen LogP contribution in [0.2, 0.25) is 0 Å². The van der Waals surface area contributed by atoms with E-state index < -0.39 is 0 Å². The van der Waals surface area contributed by atoms with Gasteiger partial charge >= 0.3 is 0 Å². The Hall–Kier alpha value is -2.97. The largest absolute Gasteiger partial charge is 0.347 e. The van der Waals surface area contributed by atoms with Crippen LogP contribution in [-0.2, 0) is 17.8 Å². The Kier molecular flexibility index (Phi) is 6.79. The molecule has 0 atom stereocenters. The monoisotopic (exact) mass is 449 g/mol. The van der Waals surface area contributed by atoms with E-state index in [1.165, 1.54) is 29.2 Å². The van der Waals surface area contributed by atoms with E-state index in [4.69, 9.17) is 0 Å². The average Bonchev–Trinajstić information content (AvgIpc) is 3.24. The van der Waals surface area contributed by atoms with Gasteiger partial charge in [0, 0.05) is 19.3 Å². The zero-order valence-corrected chi connectivity index (χ0v) is 19.0. The third kappa shape index (κ3) is 5.39. The van der Waals surface area contributed by atoms with Crippen molar-refractivity contribution in [1.29, 1.82) is 0 Å². The molecule has 1 amide bonds. The number of aromatic nitrogens is 3. The molecule has 4 rings (SSSR count). The van der Waals surface area contributed by atoms with E-state index in [-0.39, 0.29) is 11.7 Å². The predicted octanol–water partition coefficient (Wildman–Crippen LogP) is 5.02. The summed E-state index contributed by atoms with van der Waals surface area (Å²) in [6.07, 6.45) is 2.44. The van der Waals surface area contributed by atoms with Crippen LogP contribution in [0.4, 0.5) is 10.8 Å². The van der Waals surface area contributed by atoms with Crippen molar-refractivity contribution in [2.24, 2.45) is 0 Å². The van der Waals surface area contributed by atoms with Crippen LogP contribution in [0, 0.1) is 0 Å². The number of amides is 1. The highest BCUT2D eigenvalue weighted by Gasteiger charge is 2.15. The van der Waals surface area contributed by atoms with E-state index in [1.54, 1.807) is 11.3 Å². The minimum atomic E-state index is -0.0593. The molecule has 0 aliphatic heterocycles. The molecule has 0 spiro atoms. The maximum absolute atomic E-state index is 12.4. The predicted molar refractivity (Wildman–Crippen MR) is 129 cm³/mol. The highest BCUT2D eigenvalue weighted by molar-refractivity contribution is 8.00. The fourth-order valence-electron chi connectivity index (χ4n) is 3.11. The number of fused-ring (bicyclic) bond motifs is 1. The SMILES string of the molecule is CCc1cccc(NC(=O)CSc2ncnc3nc(N(C)Cc4ccccc4)sc23)c1. The second kappa shape index (κ2) is 9.89. The van der Waals surface area contributed by atoms with Crippen LogP contribution >= 0.6 is 23.1 Å². The first kappa shape index (κ1) is 21.3. The smallest absolute Gasteiger partial charge is 0.234 e. The summed E-state index contributed by atoms with van der Waals surface area (Å²) in [5, 5.41) is 4.62. The van der Waals surface area contributed by atoms with Crippen LogP contribution < -0.4 is 10.2 Å². The van der Waals surface area contributed by atoms with Crippen molar-refractivity contribution < 1.29 is 4.79 Å². The summed E-state index contributed by atoms with van der Waals surface area (Å²) in [6, 6.07) is 18.2. The topological polar surface area (TPSA) is 71.0 Å². The highest BCUT2D eigenvalue weighted by atomic mass is 32.2. The van der Waals surface area contributed by atoms with Gasteiger partial charge in [-0.15, -0.1) is 0 Å². The minimum absolute atomic E-state index is 0.0593. The van der Waals surface area contributed by atoms with Crippen LogP contribution in [0.15, 0.2) is 66.0 Å². The number of thiazole rings is 1. The van der Waals surface area contributed by atoms with Crippen molar-refractivity contribution in [2.45, 2.75) is 24.9 Å². The van der Waals surface area contributed by atoms with E-state index in [1.807, 2.05) is 43.4 Å². The van der Waals surface area contributed by atoms with Gasteiger partial charge in [0.1, 0.15) is 16.1 Å². The number of carbonyl (C=O) groups is 1. The van der Waals surface area contributed by atoms with Gasteiger partial charge in [-0.3, -0.25) is 4.79 Å². The van der Waals surface area contributed by atoms with Gasteiger partial charge in [0.15, 0.2) is 10.8 Å². The third-order valence-electron chi connectivity index (χ3n) is 4.70. The molecule has 0 fully saturated rings. The lowest BCUT2D eigenvalue weighted by molar-refractivity contribution is -0.113. The molecule has 158 valence electrons. The third-order valence-corrected chi connectivity index (χ3v) is 6.98. The summed E-state index contributed by atoms with van der Waals surface area (Å²) < 4.78 is 0.906. The van der Waals surface area contributed by atoms with E-state index in [0.717, 1.165) is 33.5 Å². The van der Waals surface area contributed by atoms with Gasteiger partial charge < -0.3 is 10.2 Å². The molecule has 8 heteroatoms. The van der Waals surface area contributed by atoms with Crippen molar-refractivity contribution in [2.75, 3.05) is 23.0 Å². The zero-order valence-electron chi connectivity index (χ0n) is 17.4. The number of rotatable bonds is 8. The van der Waals surface area contributed by atoms with Crippen molar-refractivity contribution in [3.63, 3.8) is 0 Å². The van der Waals surface area contributed by atoms with E-state index in [2.05, 4.69) is 50.3 Å².